The van der Waals surface area contributed by atoms with Crippen LogP contribution in [-0.2, 0) is 10.0 Å². The fraction of sp³-hybridized carbons (Fsp3) is 0.538. The summed E-state index contributed by atoms with van der Waals surface area (Å²) >= 11 is 0. The van der Waals surface area contributed by atoms with Crippen molar-refractivity contribution in [1.29, 1.82) is 0 Å². The predicted octanol–water partition coefficient (Wildman–Crippen LogP) is 1.91. The Morgan fingerprint density at radius 3 is 2.57 bits per heavy atom. The van der Waals surface area contributed by atoms with E-state index in [0.717, 1.165) is 6.42 Å². The lowest BCUT2D eigenvalue weighted by atomic mass is 10.3. The van der Waals surface area contributed by atoms with Gasteiger partial charge < -0.3 is 5.32 Å². The van der Waals surface area contributed by atoms with Gasteiger partial charge in [-0.3, -0.25) is 10.1 Å². The van der Waals surface area contributed by atoms with Crippen molar-refractivity contribution in [3.8, 4) is 0 Å². The number of nitrogens with zero attached hydrogens (tertiary/aromatic N) is 2. The van der Waals surface area contributed by atoms with Crippen LogP contribution >= 0.6 is 0 Å². The van der Waals surface area contributed by atoms with Gasteiger partial charge in [0.25, 0.3) is 0 Å². The number of hydrogen-bond donors (Lipinski definition) is 1. The lowest BCUT2D eigenvalue weighted by Gasteiger charge is -2.17. The van der Waals surface area contributed by atoms with Gasteiger partial charge in [-0.05, 0) is 30.4 Å². The summed E-state index contributed by atoms with van der Waals surface area (Å²) in [5.74, 6) is 0.859. The topological polar surface area (TPSA) is 92.6 Å². The van der Waals surface area contributed by atoms with E-state index in [1.54, 1.807) is 0 Å². The van der Waals surface area contributed by atoms with Crippen LogP contribution in [0, 0.1) is 22.0 Å². The molecule has 2 atom stereocenters. The minimum absolute atomic E-state index is 0.189. The molecule has 1 aliphatic rings. The number of hydrogen-bond acceptors (Lipinski definition) is 5. The zero-order valence-corrected chi connectivity index (χ0v) is 13.1. The molecule has 116 valence electrons. The summed E-state index contributed by atoms with van der Waals surface area (Å²) in [6, 6.07) is 4.26. The first-order chi connectivity index (χ1) is 9.78. The van der Waals surface area contributed by atoms with Gasteiger partial charge in [-0.1, -0.05) is 13.0 Å². The number of anilines is 1. The third-order valence-electron chi connectivity index (χ3n) is 3.91. The van der Waals surface area contributed by atoms with E-state index >= 15 is 0 Å². The molecule has 2 unspecified atom stereocenters. The maximum absolute atomic E-state index is 12.6. The van der Waals surface area contributed by atoms with Gasteiger partial charge in [-0.2, -0.15) is 0 Å². The average Bonchev–Trinajstić information content (AvgIpc) is 3.12. The Labute approximate surface area is 124 Å². The number of para-hydroxylation sites is 1. The summed E-state index contributed by atoms with van der Waals surface area (Å²) in [6.45, 7) is 2.46. The van der Waals surface area contributed by atoms with E-state index < -0.39 is 20.6 Å². The Morgan fingerprint density at radius 1 is 1.48 bits per heavy atom. The van der Waals surface area contributed by atoms with Gasteiger partial charge in [0.05, 0.1) is 4.92 Å². The summed E-state index contributed by atoms with van der Waals surface area (Å²) < 4.78 is 26.4. The van der Waals surface area contributed by atoms with Crippen LogP contribution in [0.3, 0.4) is 0 Å². The largest absolute Gasteiger partial charge is 0.383 e. The molecule has 0 heterocycles. The van der Waals surface area contributed by atoms with Gasteiger partial charge >= 0.3 is 5.69 Å². The van der Waals surface area contributed by atoms with Crippen molar-refractivity contribution in [1.82, 2.24) is 4.31 Å². The fourth-order valence-corrected chi connectivity index (χ4v) is 3.77. The van der Waals surface area contributed by atoms with E-state index in [-0.39, 0.29) is 10.6 Å². The molecule has 21 heavy (non-hydrogen) atoms. The van der Waals surface area contributed by atoms with Crippen molar-refractivity contribution in [2.45, 2.75) is 18.2 Å². The summed E-state index contributed by atoms with van der Waals surface area (Å²) in [5, 5.41) is 13.9. The predicted molar refractivity (Wildman–Crippen MR) is 79.7 cm³/mol. The van der Waals surface area contributed by atoms with E-state index in [1.807, 2.05) is 0 Å². The fourth-order valence-electron chi connectivity index (χ4n) is 2.37. The van der Waals surface area contributed by atoms with Crippen molar-refractivity contribution in [3.63, 3.8) is 0 Å². The van der Waals surface area contributed by atoms with Crippen molar-refractivity contribution in [3.05, 3.63) is 28.3 Å². The summed E-state index contributed by atoms with van der Waals surface area (Å²) in [4.78, 5) is 10.3. The van der Waals surface area contributed by atoms with Gasteiger partial charge in [0.15, 0.2) is 4.90 Å². The molecule has 1 aromatic rings. The molecule has 1 aromatic carbocycles. The normalized spacial score (nSPS) is 21.3. The molecule has 7 nitrogen and oxygen atoms in total. The standard InChI is InChI=1S/C13H19N3O4S/c1-9-7-10(9)8-15(3)21(19,20)12-6-4-5-11(14-2)13(12)16(17)18/h4-6,9-10,14H,7-8H2,1-3H3. The Balaban J connectivity index is 2.41. The second kappa shape index (κ2) is 5.61. The van der Waals surface area contributed by atoms with E-state index in [2.05, 4.69) is 12.2 Å². The molecule has 0 aliphatic heterocycles. The molecule has 0 amide bonds. The highest BCUT2D eigenvalue weighted by Crippen LogP contribution is 2.40. The minimum atomic E-state index is -3.87. The van der Waals surface area contributed by atoms with Crippen LogP contribution in [0.1, 0.15) is 13.3 Å². The monoisotopic (exact) mass is 313 g/mol. The first kappa shape index (κ1) is 15.7. The van der Waals surface area contributed by atoms with Crippen LogP contribution in [0.5, 0.6) is 0 Å². The highest BCUT2D eigenvalue weighted by Gasteiger charge is 2.38. The first-order valence-corrected chi connectivity index (χ1v) is 8.14. The zero-order chi connectivity index (χ0) is 15.8. The van der Waals surface area contributed by atoms with Gasteiger partial charge in [-0.15, -0.1) is 0 Å². The third-order valence-corrected chi connectivity index (χ3v) is 5.76. The Kier molecular flexibility index (Phi) is 4.20. The second-order valence-electron chi connectivity index (χ2n) is 5.42. The molecule has 0 aromatic heterocycles. The Morgan fingerprint density at radius 2 is 2.10 bits per heavy atom. The summed E-state index contributed by atoms with van der Waals surface area (Å²) in [7, 11) is -0.884. The van der Waals surface area contributed by atoms with Crippen LogP contribution in [-0.4, -0.2) is 38.3 Å². The molecule has 8 heteroatoms. The molecule has 1 aliphatic carbocycles. The lowest BCUT2D eigenvalue weighted by molar-refractivity contribution is -0.386. The number of rotatable bonds is 6. The van der Waals surface area contributed by atoms with Crippen molar-refractivity contribution in [2.24, 2.45) is 11.8 Å². The molecule has 0 saturated heterocycles. The smallest absolute Gasteiger partial charge is 0.312 e. The number of nitro benzene ring substituents is 1. The quantitative estimate of drug-likeness (QED) is 0.639. The molecule has 0 bridgehead atoms. The zero-order valence-electron chi connectivity index (χ0n) is 12.2. The number of nitro groups is 1. The molecule has 1 fully saturated rings. The number of nitrogens with one attached hydrogen (secondary N) is 1. The van der Waals surface area contributed by atoms with E-state index in [9.17, 15) is 18.5 Å². The van der Waals surface area contributed by atoms with Gasteiger partial charge in [0, 0.05) is 20.6 Å². The van der Waals surface area contributed by atoms with Crippen LogP contribution in [0.25, 0.3) is 0 Å². The molecule has 0 spiro atoms. The third kappa shape index (κ3) is 3.01. The SMILES string of the molecule is CNc1cccc(S(=O)(=O)N(C)CC2CC2C)c1[N+](=O)[O-]. The van der Waals surface area contributed by atoms with Crippen molar-refractivity contribution < 1.29 is 13.3 Å². The molecule has 0 radical (unpaired) electrons. The highest BCUT2D eigenvalue weighted by atomic mass is 32.2. The van der Waals surface area contributed by atoms with E-state index in [4.69, 9.17) is 0 Å². The second-order valence-corrected chi connectivity index (χ2v) is 7.43. The van der Waals surface area contributed by atoms with E-state index in [0.29, 0.717) is 18.4 Å². The summed E-state index contributed by atoms with van der Waals surface area (Å²) in [5.41, 5.74) is -0.218. The number of sulfonamides is 1. The van der Waals surface area contributed by atoms with Crippen LogP contribution in [0.2, 0.25) is 0 Å². The van der Waals surface area contributed by atoms with Crippen molar-refractivity contribution >= 4 is 21.4 Å². The van der Waals surface area contributed by atoms with Crippen LogP contribution in [0.4, 0.5) is 11.4 Å². The summed E-state index contributed by atoms with van der Waals surface area (Å²) in [6.07, 6.45) is 0.999. The molecular weight excluding hydrogens is 294 g/mol. The van der Waals surface area contributed by atoms with Gasteiger partial charge in [0.1, 0.15) is 5.69 Å². The average molecular weight is 313 g/mol. The number of benzene rings is 1. The first-order valence-electron chi connectivity index (χ1n) is 6.70. The van der Waals surface area contributed by atoms with Crippen LogP contribution < -0.4 is 5.32 Å². The molecule has 2 rings (SSSR count). The lowest BCUT2D eigenvalue weighted by Crippen LogP contribution is -2.29. The molecular formula is C13H19N3O4S. The van der Waals surface area contributed by atoms with Crippen molar-refractivity contribution in [2.75, 3.05) is 26.0 Å². The Bertz CT molecular complexity index is 659. The highest BCUT2D eigenvalue weighted by molar-refractivity contribution is 7.89. The molecule has 1 saturated carbocycles. The maximum Gasteiger partial charge on any atom is 0.312 e. The molecule has 1 N–H and O–H groups in total. The van der Waals surface area contributed by atoms with E-state index in [1.165, 1.54) is 36.6 Å². The Hall–Kier alpha value is -1.67. The van der Waals surface area contributed by atoms with Gasteiger partial charge in [0.2, 0.25) is 10.0 Å². The van der Waals surface area contributed by atoms with Gasteiger partial charge in [-0.25, -0.2) is 12.7 Å². The maximum atomic E-state index is 12.6. The van der Waals surface area contributed by atoms with Crippen LogP contribution in [0.15, 0.2) is 23.1 Å². The minimum Gasteiger partial charge on any atom is -0.383 e.